The zero-order valence-electron chi connectivity index (χ0n) is 11.0. The van der Waals surface area contributed by atoms with Crippen molar-refractivity contribution in [3.63, 3.8) is 0 Å². The highest BCUT2D eigenvalue weighted by atomic mass is 16.4. The number of unbranched alkanes of at least 4 members (excludes halogenated alkanes) is 1. The first kappa shape index (κ1) is 12.9. The van der Waals surface area contributed by atoms with Crippen molar-refractivity contribution in [1.29, 1.82) is 0 Å². The highest BCUT2D eigenvalue weighted by molar-refractivity contribution is 5.72. The first-order chi connectivity index (χ1) is 8.18. The summed E-state index contributed by atoms with van der Waals surface area (Å²) in [5, 5.41) is 9.45. The summed E-state index contributed by atoms with van der Waals surface area (Å²) in [7, 11) is 0. The van der Waals surface area contributed by atoms with Crippen LogP contribution >= 0.6 is 0 Å². The summed E-state index contributed by atoms with van der Waals surface area (Å²) >= 11 is 0. The molecule has 2 rings (SSSR count). The van der Waals surface area contributed by atoms with Crippen molar-refractivity contribution in [1.82, 2.24) is 4.90 Å². The first-order valence-electron chi connectivity index (χ1n) is 7.13. The van der Waals surface area contributed by atoms with Gasteiger partial charge in [0.15, 0.2) is 0 Å². The second-order valence-electron chi connectivity index (χ2n) is 5.90. The van der Waals surface area contributed by atoms with E-state index in [1.807, 2.05) is 0 Å². The number of hydrogen-bond donors (Lipinski definition) is 1. The van der Waals surface area contributed by atoms with Gasteiger partial charge in [0.25, 0.3) is 0 Å². The maximum absolute atomic E-state index is 11.5. The van der Waals surface area contributed by atoms with Crippen molar-refractivity contribution in [2.45, 2.75) is 51.9 Å². The molecule has 0 radical (unpaired) electrons. The molecule has 1 atom stereocenters. The second kappa shape index (κ2) is 5.38. The van der Waals surface area contributed by atoms with E-state index in [0.717, 1.165) is 32.5 Å². The predicted molar refractivity (Wildman–Crippen MR) is 68.0 cm³/mol. The lowest BCUT2D eigenvalue weighted by Crippen LogP contribution is -2.36. The fraction of sp³-hybridized carbons (Fsp3) is 0.929. The van der Waals surface area contributed by atoms with Crippen LogP contribution in [0.4, 0.5) is 0 Å². The molecule has 0 unspecified atom stereocenters. The molecule has 1 heterocycles. The Bertz CT molecular complexity index is 271. The van der Waals surface area contributed by atoms with Gasteiger partial charge in [0.2, 0.25) is 0 Å². The molecule has 0 amide bonds. The van der Waals surface area contributed by atoms with Gasteiger partial charge >= 0.3 is 5.97 Å². The van der Waals surface area contributed by atoms with Gasteiger partial charge in [-0.3, -0.25) is 4.79 Å². The first-order valence-corrected chi connectivity index (χ1v) is 7.13. The highest BCUT2D eigenvalue weighted by Crippen LogP contribution is 2.47. The predicted octanol–water partition coefficient (Wildman–Crippen LogP) is 2.75. The quantitative estimate of drug-likeness (QED) is 0.820. The van der Waals surface area contributed by atoms with Crippen LogP contribution in [0.1, 0.15) is 51.9 Å². The third-order valence-electron chi connectivity index (χ3n) is 4.69. The van der Waals surface area contributed by atoms with Gasteiger partial charge < -0.3 is 10.0 Å². The Morgan fingerprint density at radius 1 is 1.35 bits per heavy atom. The molecule has 0 aromatic carbocycles. The number of carboxylic acid groups (broad SMARTS) is 1. The SMILES string of the molecule is CCCCN1C[C@H](C(=O)O)C2(CCCCC2)C1. The van der Waals surface area contributed by atoms with Crippen molar-refractivity contribution < 1.29 is 9.90 Å². The molecular formula is C14H25NO2. The monoisotopic (exact) mass is 239 g/mol. The maximum atomic E-state index is 11.5. The van der Waals surface area contributed by atoms with Crippen LogP contribution in [-0.4, -0.2) is 35.6 Å². The van der Waals surface area contributed by atoms with Crippen molar-refractivity contribution in [2.75, 3.05) is 19.6 Å². The molecule has 1 aliphatic heterocycles. The van der Waals surface area contributed by atoms with Gasteiger partial charge in [-0.15, -0.1) is 0 Å². The molecule has 1 saturated carbocycles. The van der Waals surface area contributed by atoms with Crippen molar-refractivity contribution >= 4 is 5.97 Å². The Morgan fingerprint density at radius 2 is 2.06 bits per heavy atom. The van der Waals surface area contributed by atoms with Gasteiger partial charge in [0.1, 0.15) is 0 Å². The van der Waals surface area contributed by atoms with Gasteiger partial charge in [-0.05, 0) is 31.2 Å². The number of rotatable bonds is 4. The summed E-state index contributed by atoms with van der Waals surface area (Å²) in [4.78, 5) is 13.9. The number of hydrogen-bond acceptors (Lipinski definition) is 2. The molecule has 2 fully saturated rings. The van der Waals surface area contributed by atoms with Crippen LogP contribution in [0.15, 0.2) is 0 Å². The molecule has 1 saturated heterocycles. The Morgan fingerprint density at radius 3 is 2.65 bits per heavy atom. The van der Waals surface area contributed by atoms with E-state index < -0.39 is 5.97 Å². The summed E-state index contributed by atoms with van der Waals surface area (Å²) in [5.41, 5.74) is 0.109. The smallest absolute Gasteiger partial charge is 0.308 e. The molecular weight excluding hydrogens is 214 g/mol. The van der Waals surface area contributed by atoms with E-state index in [9.17, 15) is 9.90 Å². The number of nitrogens with zero attached hydrogens (tertiary/aromatic N) is 1. The lowest BCUT2D eigenvalue weighted by Gasteiger charge is -2.36. The normalized spacial score (nSPS) is 28.6. The van der Waals surface area contributed by atoms with Crippen LogP contribution in [0, 0.1) is 11.3 Å². The van der Waals surface area contributed by atoms with Crippen LogP contribution in [0.25, 0.3) is 0 Å². The second-order valence-corrected chi connectivity index (χ2v) is 5.90. The molecule has 0 aromatic rings. The molecule has 0 aromatic heterocycles. The van der Waals surface area contributed by atoms with Crippen molar-refractivity contribution in [2.24, 2.45) is 11.3 Å². The Balaban J connectivity index is 2.04. The fourth-order valence-corrected chi connectivity index (χ4v) is 3.73. The van der Waals surface area contributed by atoms with Gasteiger partial charge in [0.05, 0.1) is 5.92 Å². The molecule has 1 aliphatic carbocycles. The van der Waals surface area contributed by atoms with Crippen LogP contribution in [-0.2, 0) is 4.79 Å². The average Bonchev–Trinajstić information content (AvgIpc) is 2.66. The maximum Gasteiger partial charge on any atom is 0.308 e. The third kappa shape index (κ3) is 2.65. The highest BCUT2D eigenvalue weighted by Gasteiger charge is 2.49. The van der Waals surface area contributed by atoms with Crippen LogP contribution in [0.3, 0.4) is 0 Å². The van der Waals surface area contributed by atoms with E-state index in [2.05, 4.69) is 11.8 Å². The average molecular weight is 239 g/mol. The molecule has 3 heteroatoms. The molecule has 17 heavy (non-hydrogen) atoms. The van der Waals surface area contributed by atoms with Gasteiger partial charge in [-0.25, -0.2) is 0 Å². The van der Waals surface area contributed by atoms with Gasteiger partial charge in [0, 0.05) is 13.1 Å². The molecule has 0 bridgehead atoms. The van der Waals surface area contributed by atoms with Gasteiger partial charge in [-0.1, -0.05) is 32.6 Å². The lowest BCUT2D eigenvalue weighted by molar-refractivity contribution is -0.145. The van der Waals surface area contributed by atoms with E-state index in [4.69, 9.17) is 0 Å². The zero-order chi connectivity index (χ0) is 12.3. The molecule has 2 aliphatic rings. The topological polar surface area (TPSA) is 40.5 Å². The summed E-state index contributed by atoms with van der Waals surface area (Å²) in [6.07, 6.45) is 8.41. The minimum atomic E-state index is -0.564. The summed E-state index contributed by atoms with van der Waals surface area (Å²) < 4.78 is 0. The molecule has 98 valence electrons. The standard InChI is InChI=1S/C14H25NO2/c1-2-3-9-15-10-12(13(16)17)14(11-15)7-5-4-6-8-14/h12H,2-11H2,1H3,(H,16,17)/t12-/m1/s1. The lowest BCUT2D eigenvalue weighted by atomic mass is 9.68. The van der Waals surface area contributed by atoms with E-state index >= 15 is 0 Å². The minimum absolute atomic E-state index is 0.109. The summed E-state index contributed by atoms with van der Waals surface area (Å²) in [5.74, 6) is -0.675. The van der Waals surface area contributed by atoms with E-state index in [-0.39, 0.29) is 11.3 Å². The number of likely N-dealkylation sites (tertiary alicyclic amines) is 1. The van der Waals surface area contributed by atoms with E-state index in [1.165, 1.54) is 32.1 Å². The fourth-order valence-electron chi connectivity index (χ4n) is 3.73. The number of carbonyl (C=O) groups is 1. The third-order valence-corrected chi connectivity index (χ3v) is 4.69. The van der Waals surface area contributed by atoms with Crippen LogP contribution in [0.2, 0.25) is 0 Å². The Kier molecular flexibility index (Phi) is 4.08. The Hall–Kier alpha value is -0.570. The Labute approximate surface area is 104 Å². The summed E-state index contributed by atoms with van der Waals surface area (Å²) in [6.45, 7) is 5.10. The summed E-state index contributed by atoms with van der Waals surface area (Å²) in [6, 6.07) is 0. The van der Waals surface area contributed by atoms with Crippen molar-refractivity contribution in [3.8, 4) is 0 Å². The van der Waals surface area contributed by atoms with Crippen LogP contribution in [0.5, 0.6) is 0 Å². The van der Waals surface area contributed by atoms with Crippen molar-refractivity contribution in [3.05, 3.63) is 0 Å². The van der Waals surface area contributed by atoms with E-state index in [1.54, 1.807) is 0 Å². The zero-order valence-corrected chi connectivity index (χ0v) is 11.0. The number of carboxylic acids is 1. The number of aliphatic carboxylic acids is 1. The van der Waals surface area contributed by atoms with Gasteiger partial charge in [-0.2, -0.15) is 0 Å². The molecule has 3 nitrogen and oxygen atoms in total. The van der Waals surface area contributed by atoms with E-state index in [0.29, 0.717) is 0 Å². The largest absolute Gasteiger partial charge is 0.481 e. The molecule has 1 N–H and O–H groups in total. The molecule has 1 spiro atoms. The van der Waals surface area contributed by atoms with Crippen LogP contribution < -0.4 is 0 Å². The minimum Gasteiger partial charge on any atom is -0.481 e.